The van der Waals surface area contributed by atoms with Crippen LogP contribution in [0, 0.1) is 5.82 Å². The molecule has 0 bridgehead atoms. The quantitative estimate of drug-likeness (QED) is 0.893. The highest BCUT2D eigenvalue weighted by molar-refractivity contribution is 5.74. The van der Waals surface area contributed by atoms with Gasteiger partial charge in [0.15, 0.2) is 0 Å². The monoisotopic (exact) mass is 291 g/mol. The van der Waals surface area contributed by atoms with Gasteiger partial charge in [-0.15, -0.1) is 0 Å². The Hall–Kier alpha value is -1.62. The van der Waals surface area contributed by atoms with Crippen molar-refractivity contribution in [1.29, 1.82) is 0 Å². The number of amides is 2. The molecule has 2 N–H and O–H groups in total. The summed E-state index contributed by atoms with van der Waals surface area (Å²) in [6.07, 6.45) is 4.74. The number of rotatable bonds is 4. The van der Waals surface area contributed by atoms with Gasteiger partial charge in [-0.1, -0.05) is 12.1 Å². The van der Waals surface area contributed by atoms with E-state index >= 15 is 0 Å². The lowest BCUT2D eigenvalue weighted by Gasteiger charge is -2.32. The Morgan fingerprint density at radius 3 is 2.43 bits per heavy atom. The molecule has 0 spiro atoms. The summed E-state index contributed by atoms with van der Waals surface area (Å²) < 4.78 is 12.8. The summed E-state index contributed by atoms with van der Waals surface area (Å²) in [5, 5.41) is 5.86. The van der Waals surface area contributed by atoms with Crippen LogP contribution < -0.4 is 10.6 Å². The van der Waals surface area contributed by atoms with Crippen LogP contribution in [0.25, 0.3) is 0 Å². The first kappa shape index (κ1) is 14.3. The normalized spacial score (nSPS) is 20.2. The predicted octanol–water partition coefficient (Wildman–Crippen LogP) is 2.25. The molecule has 114 valence electrons. The average molecular weight is 291 g/mol. The van der Waals surface area contributed by atoms with Crippen LogP contribution in [0.15, 0.2) is 24.3 Å². The van der Waals surface area contributed by atoms with E-state index in [0.717, 1.165) is 37.5 Å². The highest BCUT2D eigenvalue weighted by atomic mass is 19.1. The zero-order valence-electron chi connectivity index (χ0n) is 12.1. The van der Waals surface area contributed by atoms with Crippen molar-refractivity contribution < 1.29 is 9.18 Å². The number of piperidine rings is 1. The number of hydrogen-bond acceptors (Lipinski definition) is 2. The van der Waals surface area contributed by atoms with Crippen molar-refractivity contribution in [3.05, 3.63) is 35.6 Å². The van der Waals surface area contributed by atoms with E-state index in [2.05, 4.69) is 15.5 Å². The lowest BCUT2D eigenvalue weighted by Crippen LogP contribution is -2.48. The predicted molar refractivity (Wildman–Crippen MR) is 79.4 cm³/mol. The van der Waals surface area contributed by atoms with Crippen LogP contribution >= 0.6 is 0 Å². The number of nitrogens with one attached hydrogen (secondary N) is 2. The first-order chi connectivity index (χ1) is 10.2. The summed E-state index contributed by atoms with van der Waals surface area (Å²) in [5.41, 5.74) is 0.898. The molecule has 1 saturated heterocycles. The lowest BCUT2D eigenvalue weighted by atomic mass is 10.1. The van der Waals surface area contributed by atoms with E-state index in [9.17, 15) is 9.18 Å². The van der Waals surface area contributed by atoms with E-state index in [1.165, 1.54) is 25.0 Å². The van der Waals surface area contributed by atoms with Crippen molar-refractivity contribution in [2.24, 2.45) is 0 Å². The summed E-state index contributed by atoms with van der Waals surface area (Å²) in [4.78, 5) is 14.4. The highest BCUT2D eigenvalue weighted by Crippen LogP contribution is 2.29. The van der Waals surface area contributed by atoms with Crippen molar-refractivity contribution in [3.63, 3.8) is 0 Å². The molecule has 0 atom stereocenters. The van der Waals surface area contributed by atoms with Crippen LogP contribution in [0.2, 0.25) is 0 Å². The molecule has 1 heterocycles. The van der Waals surface area contributed by atoms with Gasteiger partial charge < -0.3 is 15.5 Å². The fraction of sp³-hybridized carbons (Fsp3) is 0.562. The van der Waals surface area contributed by atoms with Gasteiger partial charge in [-0.25, -0.2) is 9.18 Å². The number of benzene rings is 1. The number of nitrogens with zero attached hydrogens (tertiary/aromatic N) is 1. The van der Waals surface area contributed by atoms with Gasteiger partial charge in [-0.2, -0.15) is 0 Å². The van der Waals surface area contributed by atoms with Crippen molar-refractivity contribution in [2.45, 2.75) is 44.3 Å². The summed E-state index contributed by atoms with van der Waals surface area (Å²) in [6.45, 7) is 2.61. The molecule has 4 nitrogen and oxygen atoms in total. The van der Waals surface area contributed by atoms with Gasteiger partial charge in [0.2, 0.25) is 0 Å². The van der Waals surface area contributed by atoms with Gasteiger partial charge in [0, 0.05) is 31.7 Å². The molecule has 0 aromatic heterocycles. The molecule has 0 radical (unpaired) electrons. The van der Waals surface area contributed by atoms with Gasteiger partial charge >= 0.3 is 6.03 Å². The lowest BCUT2D eigenvalue weighted by molar-refractivity contribution is 0.186. The molecule has 2 aliphatic rings. The number of carbonyl (C=O) groups is 1. The Kier molecular flexibility index (Phi) is 4.39. The molecule has 3 rings (SSSR count). The zero-order chi connectivity index (χ0) is 14.7. The molecule has 1 saturated carbocycles. The summed E-state index contributed by atoms with van der Waals surface area (Å²) in [7, 11) is 0. The van der Waals surface area contributed by atoms with E-state index in [1.54, 1.807) is 12.1 Å². The molecular formula is C16H22FN3O. The van der Waals surface area contributed by atoms with Crippen molar-refractivity contribution >= 4 is 6.03 Å². The van der Waals surface area contributed by atoms with Crippen LogP contribution in [0.1, 0.15) is 31.2 Å². The van der Waals surface area contributed by atoms with Crippen LogP contribution in [0.4, 0.5) is 9.18 Å². The topological polar surface area (TPSA) is 44.4 Å². The summed E-state index contributed by atoms with van der Waals surface area (Å²) >= 11 is 0. The molecule has 5 heteroatoms. The number of hydrogen-bond donors (Lipinski definition) is 2. The minimum Gasteiger partial charge on any atom is -0.335 e. The van der Waals surface area contributed by atoms with Crippen molar-refractivity contribution in [1.82, 2.24) is 15.5 Å². The third-order valence-corrected chi connectivity index (χ3v) is 4.29. The largest absolute Gasteiger partial charge is 0.335 e. The van der Waals surface area contributed by atoms with Crippen molar-refractivity contribution in [2.75, 3.05) is 13.1 Å². The van der Waals surface area contributed by atoms with E-state index in [0.29, 0.717) is 6.54 Å². The summed E-state index contributed by atoms with van der Waals surface area (Å²) in [5.74, 6) is -0.259. The SMILES string of the molecule is O=C(NCc1ccc(F)cc1)NC1CCN(C2CC2)CC1. The molecule has 2 amide bonds. The van der Waals surface area contributed by atoms with Crippen LogP contribution in [-0.2, 0) is 6.54 Å². The van der Waals surface area contributed by atoms with E-state index in [1.807, 2.05) is 0 Å². The molecule has 21 heavy (non-hydrogen) atoms. The first-order valence-corrected chi connectivity index (χ1v) is 7.73. The van der Waals surface area contributed by atoms with Gasteiger partial charge in [0.1, 0.15) is 5.82 Å². The minimum atomic E-state index is -0.259. The maximum absolute atomic E-state index is 12.8. The van der Waals surface area contributed by atoms with Crippen molar-refractivity contribution in [3.8, 4) is 0 Å². The number of likely N-dealkylation sites (tertiary alicyclic amines) is 1. The Labute approximate surface area is 124 Å². The second kappa shape index (κ2) is 6.43. The first-order valence-electron chi connectivity index (χ1n) is 7.73. The second-order valence-corrected chi connectivity index (χ2v) is 5.99. The maximum Gasteiger partial charge on any atom is 0.315 e. The molecule has 2 fully saturated rings. The molecule has 1 aromatic carbocycles. The molecule has 0 unspecified atom stereocenters. The Balaban J connectivity index is 1.37. The summed E-state index contributed by atoms with van der Waals surface area (Å²) in [6, 6.07) is 7.13. The Morgan fingerprint density at radius 2 is 1.81 bits per heavy atom. The van der Waals surface area contributed by atoms with E-state index in [4.69, 9.17) is 0 Å². The van der Waals surface area contributed by atoms with Gasteiger partial charge in [-0.05, 0) is 43.4 Å². The Bertz CT molecular complexity index is 479. The Morgan fingerprint density at radius 1 is 1.14 bits per heavy atom. The number of halogens is 1. The highest BCUT2D eigenvalue weighted by Gasteiger charge is 2.31. The molecule has 1 aliphatic heterocycles. The smallest absolute Gasteiger partial charge is 0.315 e. The number of carbonyl (C=O) groups excluding carboxylic acids is 1. The van der Waals surface area contributed by atoms with Gasteiger partial charge in [0.25, 0.3) is 0 Å². The van der Waals surface area contributed by atoms with Crippen LogP contribution in [0.3, 0.4) is 0 Å². The fourth-order valence-corrected chi connectivity index (χ4v) is 2.87. The van der Waals surface area contributed by atoms with Crippen LogP contribution in [-0.4, -0.2) is 36.1 Å². The zero-order valence-corrected chi connectivity index (χ0v) is 12.1. The van der Waals surface area contributed by atoms with Gasteiger partial charge in [0.05, 0.1) is 0 Å². The minimum absolute atomic E-state index is 0.135. The fourth-order valence-electron chi connectivity index (χ4n) is 2.87. The number of urea groups is 1. The third-order valence-electron chi connectivity index (χ3n) is 4.29. The maximum atomic E-state index is 12.8. The standard InChI is InChI=1S/C16H22FN3O/c17-13-3-1-12(2-4-13)11-18-16(21)19-14-7-9-20(10-8-14)15-5-6-15/h1-4,14-15H,5-11H2,(H2,18,19,21). The molecule has 1 aromatic rings. The van der Waals surface area contributed by atoms with E-state index < -0.39 is 0 Å². The average Bonchev–Trinajstić information content (AvgIpc) is 3.32. The molecular weight excluding hydrogens is 269 g/mol. The molecule has 1 aliphatic carbocycles. The third kappa shape index (κ3) is 4.17. The van der Waals surface area contributed by atoms with E-state index in [-0.39, 0.29) is 17.9 Å². The second-order valence-electron chi connectivity index (χ2n) is 5.99. The van der Waals surface area contributed by atoms with Gasteiger partial charge in [-0.3, -0.25) is 0 Å². The van der Waals surface area contributed by atoms with Crippen LogP contribution in [0.5, 0.6) is 0 Å².